The fourth-order valence-corrected chi connectivity index (χ4v) is 5.19. The SMILES string of the molecule is CC1CCCN(C(N)=NCc2ccccc2CS(=O)(=O)N2CCOCC2)C1.I. The topological polar surface area (TPSA) is 88.2 Å². The molecular weight excluding hydrogens is 491 g/mol. The molecule has 0 bridgehead atoms. The van der Waals surface area contributed by atoms with Gasteiger partial charge in [0.2, 0.25) is 10.0 Å². The molecular formula is C19H31IN4O3S. The van der Waals surface area contributed by atoms with E-state index in [0.29, 0.717) is 44.7 Å². The van der Waals surface area contributed by atoms with Crippen LogP contribution in [0.3, 0.4) is 0 Å². The van der Waals surface area contributed by atoms with E-state index in [2.05, 4.69) is 16.8 Å². The number of sulfonamides is 1. The van der Waals surface area contributed by atoms with E-state index < -0.39 is 10.0 Å². The molecule has 1 aromatic carbocycles. The smallest absolute Gasteiger partial charge is 0.218 e. The highest BCUT2D eigenvalue weighted by Gasteiger charge is 2.25. The fraction of sp³-hybridized carbons (Fsp3) is 0.632. The highest BCUT2D eigenvalue weighted by Crippen LogP contribution is 2.18. The van der Waals surface area contributed by atoms with Gasteiger partial charge in [0.05, 0.1) is 25.5 Å². The predicted molar refractivity (Wildman–Crippen MR) is 122 cm³/mol. The molecule has 2 heterocycles. The number of ether oxygens (including phenoxy) is 1. The lowest BCUT2D eigenvalue weighted by molar-refractivity contribution is 0.0729. The molecule has 1 unspecified atom stereocenters. The van der Waals surface area contributed by atoms with Gasteiger partial charge in [0.25, 0.3) is 0 Å². The molecule has 158 valence electrons. The van der Waals surface area contributed by atoms with Crippen LogP contribution in [0.1, 0.15) is 30.9 Å². The van der Waals surface area contributed by atoms with Crippen LogP contribution in [0, 0.1) is 5.92 Å². The van der Waals surface area contributed by atoms with E-state index in [1.807, 2.05) is 24.3 Å². The Morgan fingerprint density at radius 2 is 1.89 bits per heavy atom. The Balaban J connectivity index is 0.00000280. The van der Waals surface area contributed by atoms with E-state index in [9.17, 15) is 8.42 Å². The van der Waals surface area contributed by atoms with Crippen LogP contribution in [0.5, 0.6) is 0 Å². The van der Waals surface area contributed by atoms with Crippen LogP contribution in [0.4, 0.5) is 0 Å². The summed E-state index contributed by atoms with van der Waals surface area (Å²) in [6.07, 6.45) is 2.36. The van der Waals surface area contributed by atoms with E-state index in [-0.39, 0.29) is 29.7 Å². The normalized spacial score (nSPS) is 22.0. The lowest BCUT2D eigenvalue weighted by Crippen LogP contribution is -2.43. The van der Waals surface area contributed by atoms with Crippen molar-refractivity contribution < 1.29 is 13.2 Å². The largest absolute Gasteiger partial charge is 0.379 e. The third-order valence-electron chi connectivity index (χ3n) is 5.21. The number of morpholine rings is 1. The average molecular weight is 522 g/mol. The molecule has 1 atom stereocenters. The first kappa shape index (κ1) is 23.4. The minimum absolute atomic E-state index is 0. The molecule has 0 aromatic heterocycles. The molecule has 0 saturated carbocycles. The minimum atomic E-state index is -3.36. The number of aliphatic imine (C=N–C) groups is 1. The molecule has 0 amide bonds. The summed E-state index contributed by atoms with van der Waals surface area (Å²) in [6.45, 7) is 6.24. The Labute approximate surface area is 185 Å². The lowest BCUT2D eigenvalue weighted by Gasteiger charge is -2.31. The number of nitrogens with two attached hydrogens (primary N) is 1. The van der Waals surface area contributed by atoms with Gasteiger partial charge in [-0.1, -0.05) is 31.2 Å². The first-order valence-electron chi connectivity index (χ1n) is 9.63. The molecule has 2 aliphatic rings. The number of rotatable bonds is 5. The Hall–Kier alpha value is -0.910. The van der Waals surface area contributed by atoms with Crippen molar-refractivity contribution >= 4 is 40.0 Å². The second-order valence-electron chi connectivity index (χ2n) is 7.40. The molecule has 9 heteroatoms. The van der Waals surface area contributed by atoms with Gasteiger partial charge in [0.15, 0.2) is 5.96 Å². The first-order valence-corrected chi connectivity index (χ1v) is 11.2. The number of halogens is 1. The van der Waals surface area contributed by atoms with Crippen molar-refractivity contribution in [1.82, 2.24) is 9.21 Å². The lowest BCUT2D eigenvalue weighted by atomic mass is 10.0. The zero-order valence-electron chi connectivity index (χ0n) is 16.4. The Morgan fingerprint density at radius 3 is 2.57 bits per heavy atom. The zero-order valence-corrected chi connectivity index (χ0v) is 19.6. The van der Waals surface area contributed by atoms with Gasteiger partial charge in [-0.15, -0.1) is 24.0 Å². The fourth-order valence-electron chi connectivity index (χ4n) is 3.63. The Morgan fingerprint density at radius 1 is 1.21 bits per heavy atom. The molecule has 2 N–H and O–H groups in total. The molecule has 7 nitrogen and oxygen atoms in total. The first-order chi connectivity index (χ1) is 13.0. The maximum absolute atomic E-state index is 12.7. The van der Waals surface area contributed by atoms with Crippen molar-refractivity contribution in [2.75, 3.05) is 39.4 Å². The summed E-state index contributed by atoms with van der Waals surface area (Å²) >= 11 is 0. The summed E-state index contributed by atoms with van der Waals surface area (Å²) in [5, 5.41) is 0. The van der Waals surface area contributed by atoms with Crippen LogP contribution >= 0.6 is 24.0 Å². The summed E-state index contributed by atoms with van der Waals surface area (Å²) in [5.74, 6) is 1.16. The van der Waals surface area contributed by atoms with Crippen molar-refractivity contribution in [2.24, 2.45) is 16.6 Å². The van der Waals surface area contributed by atoms with Crippen LogP contribution in [-0.4, -0.2) is 63.0 Å². The monoisotopic (exact) mass is 522 g/mol. The van der Waals surface area contributed by atoms with E-state index >= 15 is 0 Å². The number of likely N-dealkylation sites (tertiary alicyclic amines) is 1. The third-order valence-corrected chi connectivity index (χ3v) is 7.04. The molecule has 2 fully saturated rings. The van der Waals surface area contributed by atoms with Crippen LogP contribution in [0.2, 0.25) is 0 Å². The number of hydrogen-bond donors (Lipinski definition) is 1. The Kier molecular flexibility index (Phi) is 8.97. The van der Waals surface area contributed by atoms with Gasteiger partial charge in [0, 0.05) is 26.2 Å². The van der Waals surface area contributed by atoms with Crippen LogP contribution in [0.25, 0.3) is 0 Å². The predicted octanol–water partition coefficient (Wildman–Crippen LogP) is 2.01. The summed E-state index contributed by atoms with van der Waals surface area (Å²) in [7, 11) is -3.36. The molecule has 1 aromatic rings. The van der Waals surface area contributed by atoms with Gasteiger partial charge in [-0.05, 0) is 29.9 Å². The van der Waals surface area contributed by atoms with Gasteiger partial charge in [-0.25, -0.2) is 13.4 Å². The maximum atomic E-state index is 12.7. The van der Waals surface area contributed by atoms with Gasteiger partial charge in [-0.2, -0.15) is 4.31 Å². The molecule has 0 aliphatic carbocycles. The standard InChI is InChI=1S/C19H30N4O3S.HI/c1-16-5-4-8-22(14-16)19(20)21-13-17-6-2-3-7-18(17)15-27(24,25)23-9-11-26-12-10-23;/h2-3,6-7,16H,4-5,8-15H2,1H3,(H2,20,21);1H. The van der Waals surface area contributed by atoms with Crippen molar-refractivity contribution in [2.45, 2.75) is 32.1 Å². The van der Waals surface area contributed by atoms with Gasteiger partial charge in [0.1, 0.15) is 0 Å². The van der Waals surface area contributed by atoms with Crippen molar-refractivity contribution in [3.8, 4) is 0 Å². The summed E-state index contributed by atoms with van der Waals surface area (Å²) < 4.78 is 32.2. The van der Waals surface area contributed by atoms with E-state index in [1.165, 1.54) is 10.7 Å². The van der Waals surface area contributed by atoms with Gasteiger partial charge in [-0.3, -0.25) is 0 Å². The molecule has 0 radical (unpaired) electrons. The minimum Gasteiger partial charge on any atom is -0.379 e. The van der Waals surface area contributed by atoms with Crippen molar-refractivity contribution in [3.05, 3.63) is 35.4 Å². The zero-order chi connectivity index (χ0) is 19.3. The molecule has 28 heavy (non-hydrogen) atoms. The van der Waals surface area contributed by atoms with E-state index in [0.717, 1.165) is 30.6 Å². The van der Waals surface area contributed by atoms with E-state index in [4.69, 9.17) is 10.5 Å². The maximum Gasteiger partial charge on any atom is 0.218 e. The average Bonchev–Trinajstić information content (AvgIpc) is 2.67. The molecule has 3 rings (SSSR count). The van der Waals surface area contributed by atoms with E-state index in [1.54, 1.807) is 0 Å². The van der Waals surface area contributed by atoms with Crippen molar-refractivity contribution in [3.63, 3.8) is 0 Å². The number of hydrogen-bond acceptors (Lipinski definition) is 4. The summed E-state index contributed by atoms with van der Waals surface area (Å²) in [6, 6.07) is 7.57. The van der Waals surface area contributed by atoms with Crippen LogP contribution < -0.4 is 5.73 Å². The second kappa shape index (κ2) is 10.7. The molecule has 2 saturated heterocycles. The number of nitrogens with zero attached hydrogens (tertiary/aromatic N) is 3. The Bertz CT molecular complexity index is 766. The molecule has 0 spiro atoms. The second-order valence-corrected chi connectivity index (χ2v) is 9.37. The number of benzene rings is 1. The van der Waals surface area contributed by atoms with Crippen molar-refractivity contribution in [1.29, 1.82) is 0 Å². The quantitative estimate of drug-likeness (QED) is 0.363. The summed E-state index contributed by atoms with van der Waals surface area (Å²) in [5.41, 5.74) is 7.88. The number of piperidine rings is 1. The highest BCUT2D eigenvalue weighted by atomic mass is 127. The molecule has 2 aliphatic heterocycles. The summed E-state index contributed by atoms with van der Waals surface area (Å²) in [4.78, 5) is 6.67. The highest BCUT2D eigenvalue weighted by molar-refractivity contribution is 14.0. The third kappa shape index (κ3) is 6.30. The van der Waals surface area contributed by atoms with Gasteiger partial charge < -0.3 is 15.4 Å². The van der Waals surface area contributed by atoms with Crippen LogP contribution in [-0.2, 0) is 27.1 Å². The van der Waals surface area contributed by atoms with Gasteiger partial charge >= 0.3 is 0 Å². The van der Waals surface area contributed by atoms with Crippen LogP contribution in [0.15, 0.2) is 29.3 Å². The number of guanidine groups is 1.